The van der Waals surface area contributed by atoms with E-state index in [1.807, 2.05) is 35.0 Å². The van der Waals surface area contributed by atoms with Crippen molar-refractivity contribution in [1.29, 1.82) is 0 Å². The van der Waals surface area contributed by atoms with Gasteiger partial charge in [-0.25, -0.2) is 4.79 Å². The lowest BCUT2D eigenvalue weighted by Gasteiger charge is -2.29. The molecule has 1 aliphatic carbocycles. The van der Waals surface area contributed by atoms with Crippen molar-refractivity contribution in [1.82, 2.24) is 34.7 Å². The first kappa shape index (κ1) is 26.1. The second kappa shape index (κ2) is 11.9. The number of imidazole rings is 1. The van der Waals surface area contributed by atoms with E-state index < -0.39 is 0 Å². The maximum Gasteiger partial charge on any atom is 0.328 e. The number of pyridine rings is 1. The maximum atomic E-state index is 14.2. The summed E-state index contributed by atoms with van der Waals surface area (Å²) in [6.45, 7) is 7.29. The van der Waals surface area contributed by atoms with Crippen LogP contribution in [-0.2, 0) is 13.0 Å². The minimum absolute atomic E-state index is 0.106. The Morgan fingerprint density at radius 2 is 1.87 bits per heavy atom. The number of rotatable bonds is 9. The van der Waals surface area contributed by atoms with Crippen LogP contribution in [0.2, 0.25) is 0 Å². The minimum atomic E-state index is 0.106. The first-order valence-electron chi connectivity index (χ1n) is 14.2. The molecule has 0 aliphatic heterocycles. The number of nitrogens with one attached hydrogen (secondary N) is 1. The van der Waals surface area contributed by atoms with Gasteiger partial charge in [0.1, 0.15) is 0 Å². The third kappa shape index (κ3) is 5.22. The fourth-order valence-electron chi connectivity index (χ4n) is 6.29. The van der Waals surface area contributed by atoms with Crippen LogP contribution in [0.5, 0.6) is 0 Å². The molecule has 0 amide bonds. The van der Waals surface area contributed by atoms with Gasteiger partial charge in [0.05, 0.1) is 6.54 Å². The monoisotopic (exact) mass is 513 g/mol. The highest BCUT2D eigenvalue weighted by Gasteiger charge is 2.32. The van der Waals surface area contributed by atoms with E-state index >= 15 is 0 Å². The summed E-state index contributed by atoms with van der Waals surface area (Å²) < 4.78 is 4.09. The van der Waals surface area contributed by atoms with Gasteiger partial charge in [0, 0.05) is 35.9 Å². The van der Waals surface area contributed by atoms with E-state index in [9.17, 15) is 4.79 Å². The summed E-state index contributed by atoms with van der Waals surface area (Å²) >= 11 is 0. The number of tetrazole rings is 1. The molecule has 0 bridgehead atoms. The van der Waals surface area contributed by atoms with Crippen molar-refractivity contribution in [2.24, 2.45) is 11.8 Å². The number of aromatic amines is 1. The lowest BCUT2D eigenvalue weighted by Crippen LogP contribution is -2.34. The van der Waals surface area contributed by atoms with Crippen molar-refractivity contribution in [2.45, 2.75) is 84.7 Å². The van der Waals surface area contributed by atoms with Crippen molar-refractivity contribution >= 4 is 0 Å². The van der Waals surface area contributed by atoms with Crippen LogP contribution in [-0.4, -0.2) is 34.7 Å². The topological polar surface area (TPSA) is 94.3 Å². The summed E-state index contributed by atoms with van der Waals surface area (Å²) in [6.07, 6.45) is 14.9. The van der Waals surface area contributed by atoms with Gasteiger partial charge >= 0.3 is 5.69 Å². The molecule has 3 heterocycles. The average molecular weight is 514 g/mol. The molecule has 3 aromatic heterocycles. The predicted molar refractivity (Wildman–Crippen MR) is 150 cm³/mol. The highest BCUT2D eigenvalue weighted by atomic mass is 16.1. The molecule has 8 heteroatoms. The van der Waals surface area contributed by atoms with Gasteiger partial charge in [-0.2, -0.15) is 5.21 Å². The second-order valence-electron chi connectivity index (χ2n) is 10.7. The van der Waals surface area contributed by atoms with Gasteiger partial charge in [-0.15, -0.1) is 10.2 Å². The SMILES string of the molecule is CCCCc1cn(C2C(C)CCCCC2CC)c(=O)n1Cc1cnccc1-c1ccccc1-c1nn[nH]n1. The molecule has 1 aliphatic rings. The lowest BCUT2D eigenvalue weighted by molar-refractivity contribution is 0.232. The number of H-pyrrole nitrogens is 1. The molecule has 3 atom stereocenters. The highest BCUT2D eigenvalue weighted by Crippen LogP contribution is 2.38. The summed E-state index contributed by atoms with van der Waals surface area (Å²) in [6, 6.07) is 10.3. The van der Waals surface area contributed by atoms with Crippen LogP contribution in [0.3, 0.4) is 0 Å². The molecule has 4 aromatic rings. The standard InChI is InChI=1S/C30H39N7O/c1-4-6-13-24-20-37(28-21(3)11-7-8-12-22(28)5-2)30(38)36(24)19-23-18-31-17-16-25(23)26-14-9-10-15-27(26)29-32-34-35-33-29/h9-10,14-18,20-22,28H,4-8,11-13,19H2,1-3H3,(H,32,33,34,35). The van der Waals surface area contributed by atoms with Crippen LogP contribution >= 0.6 is 0 Å². The fourth-order valence-corrected chi connectivity index (χ4v) is 6.29. The second-order valence-corrected chi connectivity index (χ2v) is 10.7. The lowest BCUT2D eigenvalue weighted by atomic mass is 9.86. The van der Waals surface area contributed by atoms with E-state index in [1.54, 1.807) is 6.20 Å². The molecule has 1 fully saturated rings. The fraction of sp³-hybridized carbons (Fsp3) is 0.500. The van der Waals surface area contributed by atoms with Gasteiger partial charge in [-0.1, -0.05) is 70.7 Å². The Labute approximate surface area is 224 Å². The minimum Gasteiger partial charge on any atom is -0.295 e. The van der Waals surface area contributed by atoms with E-state index in [-0.39, 0.29) is 11.7 Å². The van der Waals surface area contributed by atoms with Crippen molar-refractivity contribution in [3.63, 3.8) is 0 Å². The van der Waals surface area contributed by atoms with E-state index in [0.29, 0.717) is 24.2 Å². The summed E-state index contributed by atoms with van der Waals surface area (Å²) in [5, 5.41) is 14.7. The predicted octanol–water partition coefficient (Wildman–Crippen LogP) is 6.06. The Morgan fingerprint density at radius 3 is 2.63 bits per heavy atom. The van der Waals surface area contributed by atoms with Gasteiger partial charge in [0.2, 0.25) is 5.82 Å². The number of aryl methyl sites for hydroxylation is 1. The average Bonchev–Trinajstić information content (AvgIpc) is 3.53. The molecule has 5 rings (SSSR count). The number of hydrogen-bond acceptors (Lipinski definition) is 5. The van der Waals surface area contributed by atoms with Crippen molar-refractivity contribution in [2.75, 3.05) is 0 Å². The third-order valence-corrected chi connectivity index (χ3v) is 8.30. The number of benzene rings is 1. The van der Waals surface area contributed by atoms with Crippen LogP contribution in [0.15, 0.2) is 53.7 Å². The molecule has 200 valence electrons. The zero-order valence-electron chi connectivity index (χ0n) is 22.8. The number of aromatic nitrogens is 7. The van der Waals surface area contributed by atoms with Crippen molar-refractivity contribution in [3.8, 4) is 22.5 Å². The van der Waals surface area contributed by atoms with E-state index in [2.05, 4.69) is 63.2 Å². The van der Waals surface area contributed by atoms with E-state index in [4.69, 9.17) is 0 Å². The van der Waals surface area contributed by atoms with Gasteiger partial charge < -0.3 is 0 Å². The smallest absolute Gasteiger partial charge is 0.295 e. The van der Waals surface area contributed by atoms with Crippen LogP contribution in [0.4, 0.5) is 0 Å². The van der Waals surface area contributed by atoms with Gasteiger partial charge in [0.25, 0.3) is 0 Å². The summed E-state index contributed by atoms with van der Waals surface area (Å²) in [5.74, 6) is 1.57. The maximum absolute atomic E-state index is 14.2. The first-order valence-corrected chi connectivity index (χ1v) is 14.2. The zero-order valence-corrected chi connectivity index (χ0v) is 22.8. The largest absolute Gasteiger partial charge is 0.328 e. The number of hydrogen-bond donors (Lipinski definition) is 1. The van der Waals surface area contributed by atoms with Crippen LogP contribution < -0.4 is 5.69 Å². The molecular formula is C30H39N7O. The molecule has 3 unspecified atom stereocenters. The zero-order chi connectivity index (χ0) is 26.5. The van der Waals surface area contributed by atoms with Crippen LogP contribution in [0, 0.1) is 11.8 Å². The van der Waals surface area contributed by atoms with Crippen molar-refractivity contribution in [3.05, 3.63) is 70.7 Å². The summed E-state index contributed by atoms with van der Waals surface area (Å²) in [7, 11) is 0. The van der Waals surface area contributed by atoms with Gasteiger partial charge in [-0.05, 0) is 65.5 Å². The molecule has 8 nitrogen and oxygen atoms in total. The molecule has 1 N–H and O–H groups in total. The molecule has 0 saturated heterocycles. The Hall–Kier alpha value is -3.55. The quantitative estimate of drug-likeness (QED) is 0.275. The first-order chi connectivity index (χ1) is 18.6. The normalized spacial score (nSPS) is 19.9. The molecule has 38 heavy (non-hydrogen) atoms. The van der Waals surface area contributed by atoms with Gasteiger partial charge in [0.15, 0.2) is 0 Å². The van der Waals surface area contributed by atoms with Crippen molar-refractivity contribution < 1.29 is 0 Å². The van der Waals surface area contributed by atoms with E-state index in [0.717, 1.165) is 53.6 Å². The van der Waals surface area contributed by atoms with E-state index in [1.165, 1.54) is 25.7 Å². The number of unbranched alkanes of at least 4 members (excludes halogenated alkanes) is 1. The third-order valence-electron chi connectivity index (χ3n) is 8.30. The van der Waals surface area contributed by atoms with Crippen LogP contribution in [0.1, 0.15) is 83.0 Å². The summed E-state index contributed by atoms with van der Waals surface area (Å²) in [5.41, 5.74) is 5.14. The summed E-state index contributed by atoms with van der Waals surface area (Å²) in [4.78, 5) is 18.6. The molecule has 0 spiro atoms. The van der Waals surface area contributed by atoms with Gasteiger partial charge in [-0.3, -0.25) is 14.1 Å². The molecular weight excluding hydrogens is 474 g/mol. The Balaban J connectivity index is 1.58. The Morgan fingerprint density at radius 1 is 1.05 bits per heavy atom. The Kier molecular flexibility index (Phi) is 8.15. The Bertz CT molecular complexity index is 1390. The molecule has 1 aromatic carbocycles. The number of nitrogens with zero attached hydrogens (tertiary/aromatic N) is 6. The van der Waals surface area contributed by atoms with Crippen LogP contribution in [0.25, 0.3) is 22.5 Å². The highest BCUT2D eigenvalue weighted by molar-refractivity contribution is 5.81. The molecule has 0 radical (unpaired) electrons. The molecule has 1 saturated carbocycles.